The number of nitrogens with zero attached hydrogens (tertiary/aromatic N) is 2. The number of aliphatic hydroxyl groups is 1. The van der Waals surface area contributed by atoms with Gasteiger partial charge in [0, 0.05) is 44.4 Å². The van der Waals surface area contributed by atoms with Crippen molar-refractivity contribution in [3.63, 3.8) is 0 Å². The number of methoxy groups -OCH3 is 2. The third kappa shape index (κ3) is 2.81. The SMILES string of the molecule is COc1cc(CN2CC3(C[C@@H](CO)CN3C)C2)cc(OC)c1. The van der Waals surface area contributed by atoms with Crippen molar-refractivity contribution in [3.8, 4) is 11.5 Å². The molecule has 0 amide bonds. The van der Waals surface area contributed by atoms with Crippen LogP contribution in [0, 0.1) is 5.92 Å². The van der Waals surface area contributed by atoms with E-state index in [4.69, 9.17) is 9.47 Å². The molecule has 1 spiro atoms. The highest BCUT2D eigenvalue weighted by atomic mass is 16.5. The molecule has 0 saturated carbocycles. The van der Waals surface area contributed by atoms with Crippen LogP contribution < -0.4 is 9.47 Å². The number of hydrogen-bond acceptors (Lipinski definition) is 5. The second-order valence-electron chi connectivity index (χ2n) is 6.72. The summed E-state index contributed by atoms with van der Waals surface area (Å²) in [6.07, 6.45) is 1.11. The normalized spacial score (nSPS) is 24.5. The van der Waals surface area contributed by atoms with Crippen molar-refractivity contribution >= 4 is 0 Å². The standard InChI is InChI=1S/C17H26N2O3/c1-18-8-14(10-20)7-17(18)11-19(12-17)9-13-4-15(21-2)6-16(5-13)22-3/h4-6,14,20H,7-12H2,1-3H3/t14-/m1/s1. The largest absolute Gasteiger partial charge is 0.497 e. The van der Waals surface area contributed by atoms with E-state index in [0.29, 0.717) is 12.5 Å². The van der Waals surface area contributed by atoms with Gasteiger partial charge in [-0.1, -0.05) is 0 Å². The average molecular weight is 306 g/mol. The number of likely N-dealkylation sites (N-methyl/N-ethyl adjacent to an activating group) is 1. The van der Waals surface area contributed by atoms with Crippen LogP contribution in [-0.4, -0.2) is 68.0 Å². The Bertz CT molecular complexity index is 506. The van der Waals surface area contributed by atoms with Crippen LogP contribution in [0.15, 0.2) is 18.2 Å². The Kier molecular flexibility index (Phi) is 4.30. The molecular formula is C17H26N2O3. The lowest BCUT2D eigenvalue weighted by Gasteiger charge is -2.52. The summed E-state index contributed by atoms with van der Waals surface area (Å²) in [7, 11) is 5.54. The minimum Gasteiger partial charge on any atom is -0.497 e. The van der Waals surface area contributed by atoms with E-state index in [1.807, 2.05) is 6.07 Å². The van der Waals surface area contributed by atoms with Crippen molar-refractivity contribution < 1.29 is 14.6 Å². The van der Waals surface area contributed by atoms with E-state index in [1.54, 1.807) is 14.2 Å². The number of hydrogen-bond donors (Lipinski definition) is 1. The van der Waals surface area contributed by atoms with Crippen LogP contribution in [0.4, 0.5) is 0 Å². The highest BCUT2D eigenvalue weighted by Gasteiger charge is 2.51. The molecule has 0 radical (unpaired) electrons. The lowest BCUT2D eigenvalue weighted by molar-refractivity contribution is -0.0223. The summed E-state index contributed by atoms with van der Waals surface area (Å²) in [5, 5.41) is 9.38. The molecule has 122 valence electrons. The zero-order valence-electron chi connectivity index (χ0n) is 13.7. The summed E-state index contributed by atoms with van der Waals surface area (Å²) in [5.74, 6) is 2.11. The molecule has 2 aliphatic heterocycles. The van der Waals surface area contributed by atoms with Gasteiger partial charge in [0.15, 0.2) is 0 Å². The van der Waals surface area contributed by atoms with E-state index in [9.17, 15) is 5.11 Å². The van der Waals surface area contributed by atoms with E-state index >= 15 is 0 Å². The molecule has 2 fully saturated rings. The molecule has 1 aromatic rings. The first-order chi connectivity index (χ1) is 10.6. The first kappa shape index (κ1) is 15.6. The van der Waals surface area contributed by atoms with Crippen molar-refractivity contribution in [1.29, 1.82) is 0 Å². The molecular weight excluding hydrogens is 280 g/mol. The van der Waals surface area contributed by atoms with Gasteiger partial charge in [0.25, 0.3) is 0 Å². The molecule has 5 heteroatoms. The monoisotopic (exact) mass is 306 g/mol. The van der Waals surface area contributed by atoms with Gasteiger partial charge in [-0.3, -0.25) is 9.80 Å². The molecule has 2 heterocycles. The van der Waals surface area contributed by atoms with Gasteiger partial charge < -0.3 is 14.6 Å². The van der Waals surface area contributed by atoms with Crippen LogP contribution in [0.25, 0.3) is 0 Å². The average Bonchev–Trinajstić information content (AvgIpc) is 2.83. The summed E-state index contributed by atoms with van der Waals surface area (Å²) in [5.41, 5.74) is 1.49. The highest BCUT2D eigenvalue weighted by molar-refractivity contribution is 5.38. The third-order valence-electron chi connectivity index (χ3n) is 5.12. The van der Waals surface area contributed by atoms with Gasteiger partial charge in [-0.15, -0.1) is 0 Å². The number of benzene rings is 1. The Balaban J connectivity index is 1.62. The fourth-order valence-electron chi connectivity index (χ4n) is 3.95. The van der Waals surface area contributed by atoms with Crippen LogP contribution in [0.1, 0.15) is 12.0 Å². The summed E-state index contributed by atoms with van der Waals surface area (Å²) in [4.78, 5) is 4.88. The molecule has 0 aliphatic carbocycles. The minimum atomic E-state index is 0.274. The van der Waals surface area contributed by atoms with E-state index in [2.05, 4.69) is 29.0 Å². The summed E-state index contributed by atoms with van der Waals surface area (Å²) in [6.45, 7) is 4.36. The second kappa shape index (κ2) is 6.07. The number of aliphatic hydroxyl groups excluding tert-OH is 1. The molecule has 3 rings (SSSR count). The Hall–Kier alpha value is -1.30. The Morgan fingerprint density at radius 3 is 2.32 bits per heavy atom. The molecule has 2 saturated heterocycles. The van der Waals surface area contributed by atoms with Gasteiger partial charge in [0.1, 0.15) is 11.5 Å². The molecule has 0 bridgehead atoms. The van der Waals surface area contributed by atoms with Gasteiger partial charge in [-0.25, -0.2) is 0 Å². The second-order valence-corrected chi connectivity index (χ2v) is 6.72. The maximum absolute atomic E-state index is 9.38. The quantitative estimate of drug-likeness (QED) is 0.886. The van der Waals surface area contributed by atoms with Crippen LogP contribution in [0.5, 0.6) is 11.5 Å². The smallest absolute Gasteiger partial charge is 0.122 e. The topological polar surface area (TPSA) is 45.2 Å². The van der Waals surface area contributed by atoms with E-state index in [-0.39, 0.29) is 5.54 Å². The van der Waals surface area contributed by atoms with Crippen molar-refractivity contribution in [3.05, 3.63) is 23.8 Å². The molecule has 2 aliphatic rings. The first-order valence-corrected chi connectivity index (χ1v) is 7.85. The van der Waals surface area contributed by atoms with Gasteiger partial charge in [0.2, 0.25) is 0 Å². The third-order valence-corrected chi connectivity index (χ3v) is 5.12. The fourth-order valence-corrected chi connectivity index (χ4v) is 3.95. The van der Waals surface area contributed by atoms with Gasteiger partial charge in [0.05, 0.1) is 14.2 Å². The lowest BCUT2D eigenvalue weighted by atomic mass is 9.84. The van der Waals surface area contributed by atoms with Crippen molar-refractivity contribution in [2.45, 2.75) is 18.5 Å². The minimum absolute atomic E-state index is 0.274. The molecule has 0 unspecified atom stereocenters. The number of likely N-dealkylation sites (tertiary alicyclic amines) is 2. The maximum atomic E-state index is 9.38. The van der Waals surface area contributed by atoms with Crippen molar-refractivity contribution in [2.24, 2.45) is 5.92 Å². The van der Waals surface area contributed by atoms with Crippen molar-refractivity contribution in [2.75, 3.05) is 47.5 Å². The van der Waals surface area contributed by atoms with E-state index in [1.165, 1.54) is 5.56 Å². The van der Waals surface area contributed by atoms with Crippen LogP contribution in [0.3, 0.4) is 0 Å². The van der Waals surface area contributed by atoms with E-state index < -0.39 is 0 Å². The Morgan fingerprint density at radius 1 is 1.18 bits per heavy atom. The predicted molar refractivity (Wildman–Crippen MR) is 85.4 cm³/mol. The zero-order valence-corrected chi connectivity index (χ0v) is 13.7. The molecule has 1 N–H and O–H groups in total. The number of ether oxygens (including phenoxy) is 2. The first-order valence-electron chi connectivity index (χ1n) is 7.85. The van der Waals surface area contributed by atoms with Gasteiger partial charge in [-0.2, -0.15) is 0 Å². The highest BCUT2D eigenvalue weighted by Crippen LogP contribution is 2.40. The summed E-state index contributed by atoms with van der Waals surface area (Å²) >= 11 is 0. The van der Waals surface area contributed by atoms with Gasteiger partial charge in [-0.05, 0) is 37.1 Å². The molecule has 22 heavy (non-hydrogen) atoms. The molecule has 5 nitrogen and oxygen atoms in total. The van der Waals surface area contributed by atoms with E-state index in [0.717, 1.165) is 44.1 Å². The predicted octanol–water partition coefficient (Wildman–Crippen LogP) is 1.20. The van der Waals surface area contributed by atoms with Crippen LogP contribution in [-0.2, 0) is 6.54 Å². The Labute approximate surface area is 132 Å². The molecule has 0 aromatic heterocycles. The van der Waals surface area contributed by atoms with Crippen LogP contribution >= 0.6 is 0 Å². The summed E-state index contributed by atoms with van der Waals surface area (Å²) < 4.78 is 10.7. The number of rotatable bonds is 5. The Morgan fingerprint density at radius 2 is 1.82 bits per heavy atom. The zero-order chi connectivity index (χ0) is 15.7. The lowest BCUT2D eigenvalue weighted by Crippen LogP contribution is -2.66. The fraction of sp³-hybridized carbons (Fsp3) is 0.647. The van der Waals surface area contributed by atoms with Crippen molar-refractivity contribution in [1.82, 2.24) is 9.80 Å². The molecule has 1 aromatic carbocycles. The van der Waals surface area contributed by atoms with Gasteiger partial charge >= 0.3 is 0 Å². The summed E-state index contributed by atoms with van der Waals surface area (Å²) in [6, 6.07) is 6.04. The molecule has 1 atom stereocenters. The van der Waals surface area contributed by atoms with Crippen LogP contribution in [0.2, 0.25) is 0 Å². The maximum Gasteiger partial charge on any atom is 0.122 e.